The molecular weight excluding hydrogens is 320 g/mol. The van der Waals surface area contributed by atoms with E-state index in [1.807, 2.05) is 0 Å². The number of carbonyl (C=O) groups is 4. The third-order valence-electron chi connectivity index (χ3n) is 4.99. The third-order valence-corrected chi connectivity index (χ3v) is 4.99. The summed E-state index contributed by atoms with van der Waals surface area (Å²) in [5.41, 5.74) is -0.845. The normalized spacial score (nSPS) is 35.3. The maximum Gasteiger partial charge on any atom is 0.310 e. The summed E-state index contributed by atoms with van der Waals surface area (Å²) in [5.74, 6) is -11.4. The average molecular weight is 342 g/mol. The van der Waals surface area contributed by atoms with Crippen LogP contribution in [0.5, 0.6) is 0 Å². The number of esters is 1. The van der Waals surface area contributed by atoms with Gasteiger partial charge in [0, 0.05) is 0 Å². The van der Waals surface area contributed by atoms with Crippen LogP contribution in [0.4, 0.5) is 0 Å². The Morgan fingerprint density at radius 2 is 1.08 bits per heavy atom. The maximum atomic E-state index is 12.5. The molecule has 24 heavy (non-hydrogen) atoms. The fraction of sp³-hybridized carbons (Fsp3) is 0.750. The number of ether oxygens (including phenoxy) is 1. The molecule has 0 radical (unpaired) electrons. The van der Waals surface area contributed by atoms with Gasteiger partial charge in [-0.25, -0.2) is 0 Å². The van der Waals surface area contributed by atoms with Gasteiger partial charge in [0.2, 0.25) is 0 Å². The molecule has 3 rings (SSSR count). The van der Waals surface area contributed by atoms with Crippen molar-refractivity contribution in [1.82, 2.24) is 0 Å². The smallest absolute Gasteiger partial charge is 0.310 e. The lowest BCUT2D eigenvalue weighted by Crippen LogP contribution is -2.60. The van der Waals surface area contributed by atoms with Crippen molar-refractivity contribution < 1.29 is 39.2 Å². The summed E-state index contributed by atoms with van der Waals surface area (Å²) in [5, 5.41) is 28.4. The van der Waals surface area contributed by atoms with Crippen LogP contribution in [0.25, 0.3) is 0 Å². The zero-order chi connectivity index (χ0) is 18.4. The standard InChI is InChI=1S/C16H22O8/c1-16(2,3)24-15(23)11-7-5-4-6(10(11)14(21)22)8(12(17)18)9(7)13(19)20/h6-11H,4-5H2,1-3H3,(H,17,18)(H,19,20)(H,21,22). The fourth-order valence-electron chi connectivity index (χ4n) is 4.32. The zero-order valence-electron chi connectivity index (χ0n) is 13.8. The van der Waals surface area contributed by atoms with Crippen LogP contribution in [0.2, 0.25) is 0 Å². The van der Waals surface area contributed by atoms with Gasteiger partial charge in [-0.3, -0.25) is 19.2 Å². The lowest BCUT2D eigenvalue weighted by atomic mass is 9.50. The molecule has 3 fully saturated rings. The highest BCUT2D eigenvalue weighted by molar-refractivity contribution is 5.88. The van der Waals surface area contributed by atoms with E-state index in [9.17, 15) is 34.5 Å². The molecule has 3 aliphatic rings. The van der Waals surface area contributed by atoms with E-state index in [2.05, 4.69) is 0 Å². The summed E-state index contributed by atoms with van der Waals surface area (Å²) >= 11 is 0. The van der Waals surface area contributed by atoms with Crippen LogP contribution >= 0.6 is 0 Å². The van der Waals surface area contributed by atoms with E-state index >= 15 is 0 Å². The Kier molecular flexibility index (Phi) is 4.61. The molecule has 6 unspecified atom stereocenters. The molecule has 3 aliphatic carbocycles. The van der Waals surface area contributed by atoms with Crippen LogP contribution in [0.1, 0.15) is 33.6 Å². The summed E-state index contributed by atoms with van der Waals surface area (Å²) in [7, 11) is 0. The molecule has 134 valence electrons. The number of fused-ring (bicyclic) bond motifs is 3. The lowest BCUT2D eigenvalue weighted by molar-refractivity contribution is -0.196. The highest BCUT2D eigenvalue weighted by Gasteiger charge is 2.63. The molecule has 0 saturated heterocycles. The molecule has 6 atom stereocenters. The van der Waals surface area contributed by atoms with Crippen molar-refractivity contribution in [3.05, 3.63) is 0 Å². The largest absolute Gasteiger partial charge is 0.481 e. The molecule has 8 heteroatoms. The van der Waals surface area contributed by atoms with E-state index in [-0.39, 0.29) is 6.42 Å². The van der Waals surface area contributed by atoms with E-state index < -0.39 is 65.0 Å². The molecule has 3 saturated carbocycles. The molecule has 0 heterocycles. The van der Waals surface area contributed by atoms with Crippen molar-refractivity contribution in [2.75, 3.05) is 0 Å². The minimum absolute atomic E-state index is 0.279. The van der Waals surface area contributed by atoms with Gasteiger partial charge < -0.3 is 20.1 Å². The first-order valence-electron chi connectivity index (χ1n) is 7.87. The van der Waals surface area contributed by atoms with E-state index in [0.29, 0.717) is 6.42 Å². The van der Waals surface area contributed by atoms with E-state index in [0.717, 1.165) is 0 Å². The Morgan fingerprint density at radius 3 is 1.42 bits per heavy atom. The van der Waals surface area contributed by atoms with Crippen LogP contribution in [-0.4, -0.2) is 44.8 Å². The van der Waals surface area contributed by atoms with Crippen molar-refractivity contribution >= 4 is 23.9 Å². The van der Waals surface area contributed by atoms with Crippen molar-refractivity contribution in [2.24, 2.45) is 35.5 Å². The second kappa shape index (κ2) is 6.07. The third kappa shape index (κ3) is 3.09. The molecule has 0 aromatic rings. The van der Waals surface area contributed by atoms with Gasteiger partial charge in [0.05, 0.1) is 23.7 Å². The molecule has 0 aromatic carbocycles. The minimum Gasteiger partial charge on any atom is -0.481 e. The highest BCUT2D eigenvalue weighted by atomic mass is 16.6. The number of carboxylic acids is 3. The number of hydrogen-bond acceptors (Lipinski definition) is 5. The minimum atomic E-state index is -1.33. The van der Waals surface area contributed by atoms with Gasteiger partial charge >= 0.3 is 23.9 Å². The van der Waals surface area contributed by atoms with Gasteiger partial charge in [-0.15, -0.1) is 0 Å². The van der Waals surface area contributed by atoms with Crippen molar-refractivity contribution in [2.45, 2.75) is 39.2 Å². The van der Waals surface area contributed by atoms with Gasteiger partial charge in [-0.1, -0.05) is 0 Å². The molecule has 0 aliphatic heterocycles. The van der Waals surface area contributed by atoms with Gasteiger partial charge in [-0.2, -0.15) is 0 Å². The van der Waals surface area contributed by atoms with Gasteiger partial charge in [-0.05, 0) is 45.4 Å². The first-order chi connectivity index (χ1) is 11.0. The summed E-state index contributed by atoms with van der Waals surface area (Å²) in [6.07, 6.45) is 0.584. The molecule has 0 spiro atoms. The van der Waals surface area contributed by atoms with Crippen LogP contribution in [0.15, 0.2) is 0 Å². The molecular formula is C16H22O8. The van der Waals surface area contributed by atoms with Crippen molar-refractivity contribution in [1.29, 1.82) is 0 Å². The maximum absolute atomic E-state index is 12.5. The second-order valence-electron chi connectivity index (χ2n) is 7.56. The van der Waals surface area contributed by atoms with Crippen LogP contribution in [0.3, 0.4) is 0 Å². The summed E-state index contributed by atoms with van der Waals surface area (Å²) in [6.45, 7) is 4.91. The Balaban J connectivity index is 2.47. The van der Waals surface area contributed by atoms with Gasteiger partial charge in [0.15, 0.2) is 0 Å². The summed E-state index contributed by atoms with van der Waals surface area (Å²) in [4.78, 5) is 47.4. The summed E-state index contributed by atoms with van der Waals surface area (Å²) in [6, 6.07) is 0. The van der Waals surface area contributed by atoms with Gasteiger partial charge in [0.1, 0.15) is 5.60 Å². The average Bonchev–Trinajstić information content (AvgIpc) is 2.43. The monoisotopic (exact) mass is 342 g/mol. The Labute approximate surface area is 138 Å². The van der Waals surface area contributed by atoms with E-state index in [1.165, 1.54) is 0 Å². The Bertz CT molecular complexity index is 575. The SMILES string of the molecule is CC(C)(C)OC(=O)C1C2CCC(C(C(=O)O)C2C(=O)O)C1C(=O)O. The highest BCUT2D eigenvalue weighted by Crippen LogP contribution is 2.55. The Hall–Kier alpha value is -2.12. The predicted molar refractivity (Wildman–Crippen MR) is 78.9 cm³/mol. The van der Waals surface area contributed by atoms with Crippen LogP contribution in [-0.2, 0) is 23.9 Å². The second-order valence-corrected chi connectivity index (χ2v) is 7.56. The van der Waals surface area contributed by atoms with Crippen LogP contribution < -0.4 is 0 Å². The number of aliphatic carboxylic acids is 3. The summed E-state index contributed by atoms with van der Waals surface area (Å²) < 4.78 is 5.29. The van der Waals surface area contributed by atoms with Crippen molar-refractivity contribution in [3.63, 3.8) is 0 Å². The molecule has 3 N–H and O–H groups in total. The number of carbonyl (C=O) groups excluding carboxylic acids is 1. The molecule has 0 aromatic heterocycles. The van der Waals surface area contributed by atoms with Crippen molar-refractivity contribution in [3.8, 4) is 0 Å². The van der Waals surface area contributed by atoms with Crippen LogP contribution in [0, 0.1) is 35.5 Å². The quantitative estimate of drug-likeness (QED) is 0.645. The fourth-order valence-corrected chi connectivity index (χ4v) is 4.32. The number of hydrogen-bond donors (Lipinski definition) is 3. The van der Waals surface area contributed by atoms with Gasteiger partial charge in [0.25, 0.3) is 0 Å². The first kappa shape index (κ1) is 18.2. The lowest BCUT2D eigenvalue weighted by Gasteiger charge is -2.51. The predicted octanol–water partition coefficient (Wildman–Crippen LogP) is 1.09. The first-order valence-corrected chi connectivity index (χ1v) is 7.87. The molecule has 8 nitrogen and oxygen atoms in total. The van der Waals surface area contributed by atoms with E-state index in [4.69, 9.17) is 4.74 Å². The Morgan fingerprint density at radius 1 is 0.750 bits per heavy atom. The number of rotatable bonds is 4. The number of carboxylic acid groups (broad SMARTS) is 3. The molecule has 0 amide bonds. The molecule has 2 bridgehead atoms. The zero-order valence-corrected chi connectivity index (χ0v) is 13.8. The van der Waals surface area contributed by atoms with E-state index in [1.54, 1.807) is 20.8 Å². The topological polar surface area (TPSA) is 138 Å².